The lowest BCUT2D eigenvalue weighted by molar-refractivity contribution is 0.251. The Kier molecular flexibility index (Phi) is 3.92. The Hall–Kier alpha value is -2.33. The summed E-state index contributed by atoms with van der Waals surface area (Å²) in [6.45, 7) is 7.13. The molecule has 1 aromatic heterocycles. The van der Waals surface area contributed by atoms with Crippen molar-refractivity contribution < 1.29 is 9.59 Å². The number of nitrogens with two attached hydrogens (primary N) is 4. The first-order chi connectivity index (χ1) is 8.98. The van der Waals surface area contributed by atoms with Gasteiger partial charge >= 0.3 is 12.1 Å². The fraction of sp³-hybridized carbons (Fsp3) is 0.500. The molecule has 0 fully saturated rings. The first-order valence-electron chi connectivity index (χ1n) is 5.77. The van der Waals surface area contributed by atoms with E-state index in [0.29, 0.717) is 15.7 Å². The number of primary amides is 2. The highest BCUT2D eigenvalue weighted by molar-refractivity contribution is 5.98. The number of hydrogen-bond acceptors (Lipinski definition) is 5. The zero-order valence-corrected chi connectivity index (χ0v) is 11.9. The quantitative estimate of drug-likeness (QED) is 0.325. The molecule has 0 unspecified atom stereocenters. The number of hydrogen-bond donors (Lipinski definition) is 4. The summed E-state index contributed by atoms with van der Waals surface area (Å²) in [5, 5.41) is 5.59. The second kappa shape index (κ2) is 4.98. The third-order valence-corrected chi connectivity index (χ3v) is 2.58. The van der Waals surface area contributed by atoms with Crippen LogP contribution in [0.3, 0.4) is 0 Å². The minimum absolute atomic E-state index is 0.0869. The second-order valence-electron chi connectivity index (χ2n) is 5.26. The van der Waals surface area contributed by atoms with Gasteiger partial charge in [-0.2, -0.15) is 5.10 Å². The van der Waals surface area contributed by atoms with E-state index in [1.807, 2.05) is 20.8 Å². The van der Waals surface area contributed by atoms with Crippen LogP contribution in [0.1, 0.15) is 26.5 Å². The molecule has 1 aromatic rings. The SMILES string of the molecule is Cc1nn(C(C)(C)C)c(N(N)C(N)=O)c1N(N)C(N)=O. The maximum Gasteiger partial charge on any atom is 0.335 e. The Morgan fingerprint density at radius 3 is 1.90 bits per heavy atom. The van der Waals surface area contributed by atoms with Crippen molar-refractivity contribution in [1.82, 2.24) is 9.78 Å². The first-order valence-corrected chi connectivity index (χ1v) is 5.77. The zero-order valence-electron chi connectivity index (χ0n) is 11.9. The number of aryl methyl sites for hydroxylation is 1. The fourth-order valence-electron chi connectivity index (χ4n) is 1.69. The number of amides is 4. The number of aromatic nitrogens is 2. The van der Waals surface area contributed by atoms with Gasteiger partial charge in [0, 0.05) is 0 Å². The maximum atomic E-state index is 11.3. The van der Waals surface area contributed by atoms with Crippen LogP contribution >= 0.6 is 0 Å². The van der Waals surface area contributed by atoms with Crippen LogP contribution in [0, 0.1) is 6.92 Å². The molecule has 0 atom stereocenters. The van der Waals surface area contributed by atoms with Crippen LogP contribution in [-0.4, -0.2) is 21.8 Å². The second-order valence-corrected chi connectivity index (χ2v) is 5.26. The lowest BCUT2D eigenvalue weighted by Gasteiger charge is -2.27. The number of carbonyl (C=O) groups excluding carboxylic acids is 2. The van der Waals surface area contributed by atoms with Gasteiger partial charge in [0.1, 0.15) is 5.69 Å². The Labute approximate surface area is 116 Å². The van der Waals surface area contributed by atoms with E-state index in [1.165, 1.54) is 4.68 Å². The number of rotatable bonds is 2. The molecule has 0 aromatic carbocycles. The van der Waals surface area contributed by atoms with Gasteiger partial charge in [0.25, 0.3) is 0 Å². The van der Waals surface area contributed by atoms with Gasteiger partial charge in [-0.1, -0.05) is 0 Å². The van der Waals surface area contributed by atoms with Crippen LogP contribution in [0.5, 0.6) is 0 Å². The highest BCUT2D eigenvalue weighted by Gasteiger charge is 2.31. The van der Waals surface area contributed by atoms with E-state index >= 15 is 0 Å². The summed E-state index contributed by atoms with van der Waals surface area (Å²) in [6.07, 6.45) is 0. The summed E-state index contributed by atoms with van der Waals surface area (Å²) in [6, 6.07) is -1.84. The van der Waals surface area contributed by atoms with E-state index in [-0.39, 0.29) is 11.5 Å². The van der Waals surface area contributed by atoms with Crippen LogP contribution in [0.25, 0.3) is 0 Å². The first kappa shape index (κ1) is 15.7. The largest absolute Gasteiger partial charge is 0.350 e. The van der Waals surface area contributed by atoms with Crippen LogP contribution in [-0.2, 0) is 5.54 Å². The number of nitrogens with zero attached hydrogens (tertiary/aromatic N) is 4. The molecule has 1 heterocycles. The van der Waals surface area contributed by atoms with Crippen molar-refractivity contribution in [3.63, 3.8) is 0 Å². The minimum Gasteiger partial charge on any atom is -0.350 e. The predicted octanol–water partition coefficient (Wildman–Crippen LogP) is -0.536. The van der Waals surface area contributed by atoms with E-state index in [1.54, 1.807) is 6.92 Å². The molecule has 0 aliphatic rings. The molecule has 0 radical (unpaired) electrons. The molecule has 10 heteroatoms. The van der Waals surface area contributed by atoms with E-state index < -0.39 is 17.6 Å². The third-order valence-electron chi connectivity index (χ3n) is 2.58. The van der Waals surface area contributed by atoms with Crippen molar-refractivity contribution in [2.24, 2.45) is 23.2 Å². The van der Waals surface area contributed by atoms with Crippen molar-refractivity contribution in [1.29, 1.82) is 0 Å². The predicted molar refractivity (Wildman–Crippen MR) is 74.5 cm³/mol. The summed E-state index contributed by atoms with van der Waals surface area (Å²) < 4.78 is 1.45. The van der Waals surface area contributed by atoms with Gasteiger partial charge in [0.05, 0.1) is 11.2 Å². The molecule has 0 spiro atoms. The Morgan fingerprint density at radius 1 is 1.10 bits per heavy atom. The molecule has 1 rings (SSSR count). The highest BCUT2D eigenvalue weighted by atomic mass is 16.2. The third kappa shape index (κ3) is 2.65. The Bertz CT molecular complexity index is 544. The molecular formula is C10H20N8O2. The summed E-state index contributed by atoms with van der Waals surface area (Å²) in [7, 11) is 0. The van der Waals surface area contributed by atoms with E-state index in [0.717, 1.165) is 0 Å². The lowest BCUT2D eigenvalue weighted by atomic mass is 10.1. The van der Waals surface area contributed by atoms with Crippen molar-refractivity contribution >= 4 is 23.6 Å². The van der Waals surface area contributed by atoms with Crippen molar-refractivity contribution in [2.45, 2.75) is 33.2 Å². The van der Waals surface area contributed by atoms with Gasteiger partial charge in [-0.25, -0.2) is 36.0 Å². The molecule has 8 N–H and O–H groups in total. The summed E-state index contributed by atoms with van der Waals surface area (Å²) in [5.41, 5.74) is 10.3. The van der Waals surface area contributed by atoms with Crippen LogP contribution in [0.15, 0.2) is 0 Å². The van der Waals surface area contributed by atoms with E-state index in [2.05, 4.69) is 5.10 Å². The van der Waals surface area contributed by atoms with Gasteiger partial charge < -0.3 is 11.5 Å². The molecule has 10 nitrogen and oxygen atoms in total. The van der Waals surface area contributed by atoms with Crippen LogP contribution in [0.4, 0.5) is 21.1 Å². The molecule has 20 heavy (non-hydrogen) atoms. The van der Waals surface area contributed by atoms with Crippen molar-refractivity contribution in [3.8, 4) is 0 Å². The van der Waals surface area contributed by atoms with E-state index in [4.69, 9.17) is 23.2 Å². The number of carbonyl (C=O) groups is 2. The Morgan fingerprint density at radius 2 is 1.55 bits per heavy atom. The van der Waals surface area contributed by atoms with Gasteiger partial charge in [0.15, 0.2) is 5.82 Å². The summed E-state index contributed by atoms with van der Waals surface area (Å²) in [4.78, 5) is 22.6. The summed E-state index contributed by atoms with van der Waals surface area (Å²) >= 11 is 0. The normalized spacial score (nSPS) is 11.3. The van der Waals surface area contributed by atoms with Crippen LogP contribution < -0.4 is 33.2 Å². The van der Waals surface area contributed by atoms with Gasteiger partial charge in [-0.15, -0.1) is 0 Å². The van der Waals surface area contributed by atoms with Gasteiger partial charge in [-0.3, -0.25) is 0 Å². The number of hydrazine groups is 2. The molecule has 0 saturated heterocycles. The Balaban J connectivity index is 3.63. The molecular weight excluding hydrogens is 264 g/mol. The fourth-order valence-corrected chi connectivity index (χ4v) is 1.69. The maximum absolute atomic E-state index is 11.3. The molecule has 112 valence electrons. The monoisotopic (exact) mass is 284 g/mol. The highest BCUT2D eigenvalue weighted by Crippen LogP contribution is 2.34. The van der Waals surface area contributed by atoms with Gasteiger partial charge in [0.2, 0.25) is 0 Å². The summed E-state index contributed by atoms with van der Waals surface area (Å²) in [5.74, 6) is 11.3. The van der Waals surface area contributed by atoms with Crippen LogP contribution in [0.2, 0.25) is 0 Å². The molecule has 0 saturated carbocycles. The average molecular weight is 284 g/mol. The lowest BCUT2D eigenvalue weighted by Crippen LogP contribution is -2.47. The topological polar surface area (TPSA) is 163 Å². The average Bonchev–Trinajstić information content (AvgIpc) is 2.64. The smallest absolute Gasteiger partial charge is 0.335 e. The van der Waals surface area contributed by atoms with Crippen molar-refractivity contribution in [3.05, 3.63) is 5.69 Å². The van der Waals surface area contributed by atoms with Crippen molar-refractivity contribution in [2.75, 3.05) is 10.0 Å². The molecule has 0 bridgehead atoms. The number of anilines is 2. The number of urea groups is 2. The standard InChI is InChI=1S/C10H20N8O2/c1-5-6(16(13)8(11)19)7(17(14)9(12)20)18(15-5)10(2,3)4/h13-14H2,1-4H3,(H2,11,19)(H2,12,20). The molecule has 0 aliphatic heterocycles. The zero-order chi connectivity index (χ0) is 15.8. The van der Waals surface area contributed by atoms with E-state index in [9.17, 15) is 9.59 Å². The van der Waals surface area contributed by atoms with Gasteiger partial charge in [-0.05, 0) is 27.7 Å². The minimum atomic E-state index is -0.922. The molecule has 4 amide bonds. The molecule has 0 aliphatic carbocycles.